The van der Waals surface area contributed by atoms with Crippen molar-refractivity contribution in [2.45, 2.75) is 13.2 Å². The van der Waals surface area contributed by atoms with Crippen LogP contribution in [0.3, 0.4) is 0 Å². The number of nitrogens with zero attached hydrogens (tertiary/aromatic N) is 1. The number of halogens is 3. The minimum Gasteiger partial charge on any atom is -0.493 e. The van der Waals surface area contributed by atoms with Gasteiger partial charge in [-0.1, -0.05) is 23.4 Å². The summed E-state index contributed by atoms with van der Waals surface area (Å²) in [6.45, 7) is -3.31. The van der Waals surface area contributed by atoms with Gasteiger partial charge < -0.3 is 19.6 Å². The fraction of sp³-hybridized carbons (Fsp3) is 0.222. The van der Waals surface area contributed by atoms with E-state index >= 15 is 0 Å². The van der Waals surface area contributed by atoms with Crippen molar-refractivity contribution in [3.63, 3.8) is 0 Å². The van der Waals surface area contributed by atoms with Crippen molar-refractivity contribution >= 4 is 12.1 Å². The largest absolute Gasteiger partial charge is 0.493 e. The Balaban J connectivity index is 1.81. The minimum atomic E-state index is -2.97. The molecule has 144 valence electrons. The molecule has 0 bridgehead atoms. The van der Waals surface area contributed by atoms with Gasteiger partial charge in [-0.2, -0.15) is 8.78 Å². The number of carbonyl (C=O) groups is 1. The Kier molecular flexibility index (Phi) is 7.48. The number of hydrogen-bond donors (Lipinski definition) is 1. The highest BCUT2D eigenvalue weighted by atomic mass is 19.3. The summed E-state index contributed by atoms with van der Waals surface area (Å²) in [5.74, 6) is -0.904. The second-order valence-corrected chi connectivity index (χ2v) is 5.16. The zero-order valence-corrected chi connectivity index (χ0v) is 14.3. The van der Waals surface area contributed by atoms with Crippen LogP contribution in [-0.2, 0) is 16.2 Å². The highest BCUT2D eigenvalue weighted by Crippen LogP contribution is 2.28. The van der Waals surface area contributed by atoms with E-state index in [1.165, 1.54) is 37.6 Å². The van der Waals surface area contributed by atoms with Crippen LogP contribution >= 0.6 is 0 Å². The van der Waals surface area contributed by atoms with E-state index in [4.69, 9.17) is 9.57 Å². The molecule has 2 aromatic rings. The first-order valence-corrected chi connectivity index (χ1v) is 7.78. The number of methoxy groups -OCH3 is 1. The van der Waals surface area contributed by atoms with E-state index in [0.29, 0.717) is 11.1 Å². The molecule has 0 spiro atoms. The predicted molar refractivity (Wildman–Crippen MR) is 91.4 cm³/mol. The van der Waals surface area contributed by atoms with Crippen LogP contribution in [0.25, 0.3) is 0 Å². The number of carbonyl (C=O) groups excluding carboxylic acids is 1. The number of alkyl halides is 2. The van der Waals surface area contributed by atoms with Crippen molar-refractivity contribution in [3.05, 3.63) is 59.4 Å². The first-order valence-electron chi connectivity index (χ1n) is 7.78. The summed E-state index contributed by atoms with van der Waals surface area (Å²) in [4.78, 5) is 16.5. The smallest absolute Gasteiger partial charge is 0.387 e. The zero-order valence-electron chi connectivity index (χ0n) is 14.3. The molecule has 1 N–H and O–H groups in total. The van der Waals surface area contributed by atoms with Crippen molar-refractivity contribution in [2.75, 3.05) is 13.7 Å². The van der Waals surface area contributed by atoms with Gasteiger partial charge in [-0.15, -0.1) is 0 Å². The Bertz CT molecular complexity index is 800. The van der Waals surface area contributed by atoms with Gasteiger partial charge in [-0.3, -0.25) is 4.79 Å². The van der Waals surface area contributed by atoms with E-state index in [2.05, 4.69) is 15.2 Å². The van der Waals surface area contributed by atoms with Gasteiger partial charge in [0.05, 0.1) is 13.3 Å². The Labute approximate surface area is 153 Å². The van der Waals surface area contributed by atoms with E-state index in [0.717, 1.165) is 0 Å². The molecule has 0 heterocycles. The predicted octanol–water partition coefficient (Wildman–Crippen LogP) is 3.10. The molecule has 6 nitrogen and oxygen atoms in total. The maximum absolute atomic E-state index is 13.4. The van der Waals surface area contributed by atoms with Gasteiger partial charge >= 0.3 is 6.61 Å². The first-order chi connectivity index (χ1) is 13.0. The standard InChI is InChI=1S/C18H17F3N2O4/c1-25-16-8-12(6-7-15(16)27-18(20)21)9-23-26-11-17(24)22-10-13-4-2-3-5-14(13)19/h2-9,18H,10-11H2,1H3,(H,22,24)/b23-9+. The minimum absolute atomic E-state index is 0.0291. The summed E-state index contributed by atoms with van der Waals surface area (Å²) >= 11 is 0. The van der Waals surface area contributed by atoms with E-state index in [1.54, 1.807) is 18.2 Å². The van der Waals surface area contributed by atoms with Gasteiger partial charge in [-0.25, -0.2) is 4.39 Å². The first kappa shape index (κ1) is 20.1. The summed E-state index contributed by atoms with van der Waals surface area (Å²) in [6.07, 6.45) is 1.28. The Hall–Kier alpha value is -3.23. The average Bonchev–Trinajstić information content (AvgIpc) is 2.65. The molecule has 0 saturated carbocycles. The van der Waals surface area contributed by atoms with Crippen LogP contribution in [0.15, 0.2) is 47.6 Å². The Morgan fingerprint density at radius 2 is 2.00 bits per heavy atom. The van der Waals surface area contributed by atoms with Crippen molar-refractivity contribution < 1.29 is 32.3 Å². The summed E-state index contributed by atoms with van der Waals surface area (Å²) in [5, 5.41) is 6.11. The van der Waals surface area contributed by atoms with Gasteiger partial charge in [0.2, 0.25) is 0 Å². The molecule has 27 heavy (non-hydrogen) atoms. The molecular weight excluding hydrogens is 365 g/mol. The van der Waals surface area contributed by atoms with Crippen LogP contribution in [0, 0.1) is 5.82 Å². The van der Waals surface area contributed by atoms with E-state index in [9.17, 15) is 18.0 Å². The SMILES string of the molecule is COc1cc(/C=N/OCC(=O)NCc2ccccc2F)ccc1OC(F)F. The Morgan fingerprint density at radius 3 is 2.70 bits per heavy atom. The van der Waals surface area contributed by atoms with Crippen LogP contribution in [0.5, 0.6) is 11.5 Å². The maximum Gasteiger partial charge on any atom is 0.387 e. The number of nitrogens with one attached hydrogen (secondary N) is 1. The molecule has 0 radical (unpaired) electrons. The number of oxime groups is 1. The molecule has 0 unspecified atom stereocenters. The fourth-order valence-corrected chi connectivity index (χ4v) is 2.04. The van der Waals surface area contributed by atoms with Gasteiger partial charge in [0.1, 0.15) is 5.82 Å². The molecule has 0 fully saturated rings. The normalized spacial score (nSPS) is 10.9. The summed E-state index contributed by atoms with van der Waals surface area (Å²) in [5.41, 5.74) is 0.841. The molecule has 2 rings (SSSR count). The monoisotopic (exact) mass is 382 g/mol. The molecule has 0 aliphatic rings. The zero-order chi connectivity index (χ0) is 19.6. The lowest BCUT2D eigenvalue weighted by atomic mass is 10.2. The molecule has 0 aromatic heterocycles. The highest BCUT2D eigenvalue weighted by molar-refractivity contribution is 5.81. The molecule has 9 heteroatoms. The number of ether oxygens (including phenoxy) is 2. The Morgan fingerprint density at radius 1 is 1.22 bits per heavy atom. The van der Waals surface area contributed by atoms with E-state index in [1.807, 2.05) is 0 Å². The van der Waals surface area contributed by atoms with E-state index in [-0.39, 0.29) is 24.7 Å². The van der Waals surface area contributed by atoms with Crippen molar-refractivity contribution in [1.29, 1.82) is 0 Å². The molecule has 0 saturated heterocycles. The van der Waals surface area contributed by atoms with Crippen LogP contribution in [-0.4, -0.2) is 32.4 Å². The lowest BCUT2D eigenvalue weighted by Crippen LogP contribution is -2.26. The maximum atomic E-state index is 13.4. The molecule has 2 aromatic carbocycles. The number of amides is 1. The number of benzene rings is 2. The second-order valence-electron chi connectivity index (χ2n) is 5.16. The number of rotatable bonds is 9. The summed E-state index contributed by atoms with van der Waals surface area (Å²) in [7, 11) is 1.31. The lowest BCUT2D eigenvalue weighted by Gasteiger charge is -2.09. The van der Waals surface area contributed by atoms with Gasteiger partial charge in [0.15, 0.2) is 18.1 Å². The molecule has 1 amide bonds. The lowest BCUT2D eigenvalue weighted by molar-refractivity contribution is -0.125. The molecule has 0 aliphatic heterocycles. The third-order valence-electron chi connectivity index (χ3n) is 3.31. The van der Waals surface area contributed by atoms with Crippen molar-refractivity contribution in [2.24, 2.45) is 5.16 Å². The highest BCUT2D eigenvalue weighted by Gasteiger charge is 2.10. The van der Waals surface area contributed by atoms with Gasteiger partial charge in [0, 0.05) is 17.7 Å². The third kappa shape index (κ3) is 6.53. The summed E-state index contributed by atoms with van der Waals surface area (Å²) < 4.78 is 47.2. The van der Waals surface area contributed by atoms with Crippen LogP contribution in [0.4, 0.5) is 13.2 Å². The topological polar surface area (TPSA) is 69.2 Å². The van der Waals surface area contributed by atoms with Gasteiger partial charge in [0.25, 0.3) is 5.91 Å². The van der Waals surface area contributed by atoms with Crippen LogP contribution < -0.4 is 14.8 Å². The average molecular weight is 382 g/mol. The molecule has 0 atom stereocenters. The van der Waals surface area contributed by atoms with Gasteiger partial charge in [-0.05, 0) is 24.3 Å². The molecular formula is C18H17F3N2O4. The quantitative estimate of drug-likeness (QED) is 0.535. The molecule has 0 aliphatic carbocycles. The van der Waals surface area contributed by atoms with Crippen molar-refractivity contribution in [3.8, 4) is 11.5 Å². The number of hydrogen-bond acceptors (Lipinski definition) is 5. The van der Waals surface area contributed by atoms with E-state index < -0.39 is 18.3 Å². The third-order valence-corrected chi connectivity index (χ3v) is 3.31. The van der Waals surface area contributed by atoms with Crippen molar-refractivity contribution in [1.82, 2.24) is 5.32 Å². The van der Waals surface area contributed by atoms with Crippen LogP contribution in [0.1, 0.15) is 11.1 Å². The summed E-state index contributed by atoms with van der Waals surface area (Å²) in [6, 6.07) is 10.3. The fourth-order valence-electron chi connectivity index (χ4n) is 2.04. The van der Waals surface area contributed by atoms with Crippen LogP contribution in [0.2, 0.25) is 0 Å². The second kappa shape index (κ2) is 10.0.